The predicted octanol–water partition coefficient (Wildman–Crippen LogP) is 3.87. The molecule has 3 aromatic rings. The lowest BCUT2D eigenvalue weighted by Gasteiger charge is -2.30. The van der Waals surface area contributed by atoms with E-state index in [0.717, 1.165) is 22.5 Å². The summed E-state index contributed by atoms with van der Waals surface area (Å²) in [7, 11) is 0. The Morgan fingerprint density at radius 3 is 2.54 bits per heavy atom. The van der Waals surface area contributed by atoms with Gasteiger partial charge in [0.1, 0.15) is 0 Å². The maximum atomic E-state index is 13.3. The van der Waals surface area contributed by atoms with Gasteiger partial charge in [0.15, 0.2) is 0 Å². The van der Waals surface area contributed by atoms with Gasteiger partial charge < -0.3 is 10.0 Å². The fourth-order valence-electron chi connectivity index (χ4n) is 3.20. The number of aryl methyl sites for hydroxylation is 1. The van der Waals surface area contributed by atoms with Crippen LogP contribution in [0.2, 0.25) is 0 Å². The van der Waals surface area contributed by atoms with Gasteiger partial charge >= 0.3 is 0 Å². The molecular formula is C23H25N3O2. The van der Waals surface area contributed by atoms with Crippen molar-refractivity contribution in [3.63, 3.8) is 0 Å². The zero-order valence-corrected chi connectivity index (χ0v) is 16.2. The molecule has 2 aromatic heterocycles. The highest BCUT2D eigenvalue weighted by molar-refractivity contribution is 5.95. The number of amides is 1. The van der Waals surface area contributed by atoms with E-state index in [4.69, 9.17) is 0 Å². The Labute approximate surface area is 165 Å². The van der Waals surface area contributed by atoms with Gasteiger partial charge in [-0.1, -0.05) is 25.1 Å². The fraction of sp³-hybridized carbons (Fsp3) is 0.261. The summed E-state index contributed by atoms with van der Waals surface area (Å²) in [5.41, 5.74) is 4.30. The van der Waals surface area contributed by atoms with Gasteiger partial charge in [-0.05, 0) is 60.9 Å². The topological polar surface area (TPSA) is 66.3 Å². The van der Waals surface area contributed by atoms with Crippen molar-refractivity contribution in [3.05, 3.63) is 83.9 Å². The number of aromatic nitrogens is 2. The SMILES string of the molecule is CC[C@@H](CO)N(Cc1ccccn1)C(=O)c1cccc(-c2ccnc(C)c2)c1. The van der Waals surface area contributed by atoms with Crippen LogP contribution in [0, 0.1) is 6.92 Å². The van der Waals surface area contributed by atoms with E-state index in [0.29, 0.717) is 18.5 Å². The quantitative estimate of drug-likeness (QED) is 0.681. The standard InChI is InChI=1S/C23H25N3O2/c1-3-22(16-27)26(15-21-9-4-5-11-25-21)23(28)20-8-6-7-18(14-20)19-10-12-24-17(2)13-19/h4-14,22,27H,3,15-16H2,1-2H3/t22-/m0/s1. The number of carbonyl (C=O) groups excluding carboxylic acids is 1. The first-order valence-corrected chi connectivity index (χ1v) is 9.47. The smallest absolute Gasteiger partial charge is 0.254 e. The summed E-state index contributed by atoms with van der Waals surface area (Å²) < 4.78 is 0. The lowest BCUT2D eigenvalue weighted by molar-refractivity contribution is 0.0560. The zero-order chi connectivity index (χ0) is 19.9. The lowest BCUT2D eigenvalue weighted by atomic mass is 10.0. The van der Waals surface area contributed by atoms with Crippen LogP contribution in [0.4, 0.5) is 0 Å². The molecule has 1 aromatic carbocycles. The highest BCUT2D eigenvalue weighted by Crippen LogP contribution is 2.22. The summed E-state index contributed by atoms with van der Waals surface area (Å²) in [5.74, 6) is -0.112. The first-order chi connectivity index (χ1) is 13.6. The van der Waals surface area contributed by atoms with Gasteiger partial charge in [-0.3, -0.25) is 14.8 Å². The molecule has 0 saturated carbocycles. The lowest BCUT2D eigenvalue weighted by Crippen LogP contribution is -2.41. The van der Waals surface area contributed by atoms with E-state index in [-0.39, 0.29) is 18.6 Å². The minimum atomic E-state index is -0.263. The minimum absolute atomic E-state index is 0.0850. The van der Waals surface area contributed by atoms with Crippen LogP contribution in [0.3, 0.4) is 0 Å². The van der Waals surface area contributed by atoms with Crippen LogP contribution in [0.25, 0.3) is 11.1 Å². The first kappa shape index (κ1) is 19.7. The minimum Gasteiger partial charge on any atom is -0.394 e. The molecule has 0 aliphatic carbocycles. The molecule has 1 atom stereocenters. The molecule has 5 heteroatoms. The Balaban J connectivity index is 1.93. The van der Waals surface area contributed by atoms with Crippen LogP contribution in [0.5, 0.6) is 0 Å². The van der Waals surface area contributed by atoms with Crippen LogP contribution in [0.1, 0.15) is 35.1 Å². The number of nitrogens with zero attached hydrogens (tertiary/aromatic N) is 3. The predicted molar refractivity (Wildman–Crippen MR) is 110 cm³/mol. The molecule has 1 amide bonds. The molecule has 0 aliphatic rings. The van der Waals surface area contributed by atoms with Crippen molar-refractivity contribution >= 4 is 5.91 Å². The third-order valence-corrected chi connectivity index (χ3v) is 4.78. The number of rotatable bonds is 7. The summed E-state index contributed by atoms with van der Waals surface area (Å²) in [6.45, 7) is 4.19. The largest absolute Gasteiger partial charge is 0.394 e. The molecule has 1 N–H and O–H groups in total. The van der Waals surface area contributed by atoms with Gasteiger partial charge in [-0.2, -0.15) is 0 Å². The van der Waals surface area contributed by atoms with Crippen LogP contribution >= 0.6 is 0 Å². The van der Waals surface area contributed by atoms with Gasteiger partial charge in [0.2, 0.25) is 0 Å². The molecule has 5 nitrogen and oxygen atoms in total. The third-order valence-electron chi connectivity index (χ3n) is 4.78. The van der Waals surface area contributed by atoms with E-state index in [1.54, 1.807) is 17.3 Å². The van der Waals surface area contributed by atoms with Crippen molar-refractivity contribution in [2.45, 2.75) is 32.9 Å². The summed E-state index contributed by atoms with van der Waals surface area (Å²) >= 11 is 0. The molecule has 0 fully saturated rings. The van der Waals surface area contributed by atoms with E-state index < -0.39 is 0 Å². The van der Waals surface area contributed by atoms with E-state index in [2.05, 4.69) is 9.97 Å². The zero-order valence-electron chi connectivity index (χ0n) is 16.2. The second-order valence-corrected chi connectivity index (χ2v) is 6.77. The molecule has 0 aliphatic heterocycles. The summed E-state index contributed by atoms with van der Waals surface area (Å²) in [6.07, 6.45) is 4.15. The second kappa shape index (κ2) is 9.24. The maximum absolute atomic E-state index is 13.3. The fourth-order valence-corrected chi connectivity index (χ4v) is 3.20. The monoisotopic (exact) mass is 375 g/mol. The Morgan fingerprint density at radius 2 is 1.86 bits per heavy atom. The number of carbonyl (C=O) groups is 1. The van der Waals surface area contributed by atoms with E-state index in [1.807, 2.05) is 68.4 Å². The van der Waals surface area contributed by atoms with Gasteiger partial charge in [0.25, 0.3) is 5.91 Å². The Morgan fingerprint density at radius 1 is 1.04 bits per heavy atom. The molecule has 144 valence electrons. The number of hydrogen-bond donors (Lipinski definition) is 1. The molecule has 0 radical (unpaired) electrons. The van der Waals surface area contributed by atoms with Gasteiger partial charge in [0, 0.05) is 23.7 Å². The van der Waals surface area contributed by atoms with Gasteiger partial charge in [0.05, 0.1) is 24.9 Å². The number of pyridine rings is 2. The molecule has 0 saturated heterocycles. The van der Waals surface area contributed by atoms with Crippen LogP contribution in [-0.2, 0) is 6.54 Å². The summed E-state index contributed by atoms with van der Waals surface area (Å²) in [6, 6.07) is 16.9. The third kappa shape index (κ3) is 4.61. The summed E-state index contributed by atoms with van der Waals surface area (Å²) in [4.78, 5) is 23.6. The normalized spacial score (nSPS) is 11.8. The Bertz CT molecular complexity index is 924. The summed E-state index contributed by atoms with van der Waals surface area (Å²) in [5, 5.41) is 9.81. The van der Waals surface area contributed by atoms with Gasteiger partial charge in [-0.15, -0.1) is 0 Å². The number of aliphatic hydroxyl groups is 1. The highest BCUT2D eigenvalue weighted by atomic mass is 16.3. The molecular weight excluding hydrogens is 350 g/mol. The van der Waals surface area contributed by atoms with Crippen LogP contribution in [0.15, 0.2) is 67.0 Å². The molecule has 0 bridgehead atoms. The Kier molecular flexibility index (Phi) is 6.50. The molecule has 28 heavy (non-hydrogen) atoms. The van der Waals surface area contributed by atoms with Crippen LogP contribution in [-0.4, -0.2) is 38.5 Å². The van der Waals surface area contributed by atoms with E-state index in [1.165, 1.54) is 0 Å². The molecule has 3 rings (SSSR count). The van der Waals surface area contributed by atoms with E-state index >= 15 is 0 Å². The number of hydrogen-bond acceptors (Lipinski definition) is 4. The highest BCUT2D eigenvalue weighted by Gasteiger charge is 2.24. The van der Waals surface area contributed by atoms with Crippen LogP contribution < -0.4 is 0 Å². The first-order valence-electron chi connectivity index (χ1n) is 9.47. The van der Waals surface area contributed by atoms with Crippen molar-refractivity contribution in [2.24, 2.45) is 0 Å². The van der Waals surface area contributed by atoms with Gasteiger partial charge in [-0.25, -0.2) is 0 Å². The second-order valence-electron chi connectivity index (χ2n) is 6.77. The number of aliphatic hydroxyl groups excluding tert-OH is 1. The molecule has 2 heterocycles. The maximum Gasteiger partial charge on any atom is 0.254 e. The van der Waals surface area contributed by atoms with Crippen molar-refractivity contribution in [3.8, 4) is 11.1 Å². The average Bonchev–Trinajstić information content (AvgIpc) is 2.74. The molecule has 0 unspecified atom stereocenters. The van der Waals surface area contributed by atoms with Crippen molar-refractivity contribution < 1.29 is 9.90 Å². The molecule has 0 spiro atoms. The average molecular weight is 375 g/mol. The van der Waals surface area contributed by atoms with E-state index in [9.17, 15) is 9.90 Å². The van der Waals surface area contributed by atoms with Crippen molar-refractivity contribution in [1.29, 1.82) is 0 Å². The number of benzene rings is 1. The van der Waals surface area contributed by atoms with Crippen molar-refractivity contribution in [1.82, 2.24) is 14.9 Å². The van der Waals surface area contributed by atoms with Crippen molar-refractivity contribution in [2.75, 3.05) is 6.61 Å². The Hall–Kier alpha value is -3.05.